The van der Waals surface area contributed by atoms with E-state index in [0.717, 1.165) is 16.8 Å². The molecule has 0 aliphatic rings. The Morgan fingerprint density at radius 2 is 1.62 bits per heavy atom. The van der Waals surface area contributed by atoms with Crippen molar-refractivity contribution in [1.82, 2.24) is 10.2 Å². The topological polar surface area (TPSA) is 50.2 Å². The first kappa shape index (κ1) is 15.9. The summed E-state index contributed by atoms with van der Waals surface area (Å²) >= 11 is 0. The van der Waals surface area contributed by atoms with E-state index < -0.39 is 0 Å². The van der Waals surface area contributed by atoms with E-state index in [1.54, 1.807) is 6.21 Å². The molecule has 4 heteroatoms. The molecule has 0 saturated carbocycles. The van der Waals surface area contributed by atoms with Gasteiger partial charge in [0.05, 0.1) is 11.9 Å². The Balaban J connectivity index is 1.62. The van der Waals surface area contributed by atoms with Crippen LogP contribution in [0.2, 0.25) is 0 Å². The van der Waals surface area contributed by atoms with Crippen LogP contribution in [0, 0.1) is 0 Å². The minimum Gasteiger partial charge on any atom is -0.260 e. The highest BCUT2D eigenvalue weighted by Gasteiger charge is 2.00. The number of anilines is 1. The largest absolute Gasteiger partial charge is 0.260 e. The molecule has 1 aromatic heterocycles. The lowest BCUT2D eigenvalue weighted by Crippen LogP contribution is -1.96. The van der Waals surface area contributed by atoms with E-state index >= 15 is 0 Å². The Kier molecular flexibility index (Phi) is 4.96. The fourth-order valence-corrected chi connectivity index (χ4v) is 2.29. The zero-order valence-electron chi connectivity index (χ0n) is 13.8. The van der Waals surface area contributed by atoms with Crippen molar-refractivity contribution in [2.75, 3.05) is 5.43 Å². The van der Waals surface area contributed by atoms with Crippen LogP contribution in [0.1, 0.15) is 30.9 Å². The Morgan fingerprint density at radius 1 is 0.875 bits per heavy atom. The molecule has 0 saturated heterocycles. The summed E-state index contributed by atoms with van der Waals surface area (Å²) in [4.78, 5) is 0. The van der Waals surface area contributed by atoms with Crippen molar-refractivity contribution in [3.8, 4) is 11.3 Å². The summed E-state index contributed by atoms with van der Waals surface area (Å²) in [6.45, 7) is 4.37. The second-order valence-electron chi connectivity index (χ2n) is 5.86. The van der Waals surface area contributed by atoms with E-state index in [1.165, 1.54) is 5.56 Å². The maximum atomic E-state index is 4.22. The number of hydrogen-bond acceptors (Lipinski definition) is 4. The van der Waals surface area contributed by atoms with E-state index in [-0.39, 0.29) is 0 Å². The zero-order chi connectivity index (χ0) is 16.8. The molecule has 4 nitrogen and oxygen atoms in total. The smallest absolute Gasteiger partial charge is 0.168 e. The second kappa shape index (κ2) is 7.51. The van der Waals surface area contributed by atoms with Gasteiger partial charge in [-0.05, 0) is 29.2 Å². The van der Waals surface area contributed by atoms with Gasteiger partial charge in [0.15, 0.2) is 5.82 Å². The van der Waals surface area contributed by atoms with Crippen LogP contribution in [0.5, 0.6) is 0 Å². The van der Waals surface area contributed by atoms with Gasteiger partial charge in [0.1, 0.15) is 0 Å². The molecule has 0 radical (unpaired) electrons. The minimum atomic E-state index is 0.535. The monoisotopic (exact) mass is 316 g/mol. The average molecular weight is 316 g/mol. The Labute approximate surface area is 142 Å². The maximum absolute atomic E-state index is 4.22. The highest BCUT2D eigenvalue weighted by atomic mass is 15.3. The highest BCUT2D eigenvalue weighted by molar-refractivity contribution is 5.80. The summed E-state index contributed by atoms with van der Waals surface area (Å²) in [6, 6.07) is 22.1. The quantitative estimate of drug-likeness (QED) is 0.547. The fraction of sp³-hybridized carbons (Fsp3) is 0.150. The number of rotatable bonds is 5. The van der Waals surface area contributed by atoms with E-state index in [4.69, 9.17) is 0 Å². The number of nitrogens with one attached hydrogen (secondary N) is 1. The van der Waals surface area contributed by atoms with E-state index in [2.05, 4.69) is 58.8 Å². The zero-order valence-corrected chi connectivity index (χ0v) is 13.8. The standard InChI is InChI=1S/C20H20N4/c1-15(2)17-10-8-16(9-11-17)14-21-23-20-13-12-19(22-24-20)18-6-4-3-5-7-18/h3-15H,1-2H3,(H,23,24). The number of hydrogen-bond donors (Lipinski definition) is 1. The fourth-order valence-electron chi connectivity index (χ4n) is 2.29. The number of aromatic nitrogens is 2. The summed E-state index contributed by atoms with van der Waals surface area (Å²) in [5, 5.41) is 12.6. The van der Waals surface area contributed by atoms with Crippen molar-refractivity contribution in [3.05, 3.63) is 77.9 Å². The lowest BCUT2D eigenvalue weighted by molar-refractivity contribution is 0.866. The summed E-state index contributed by atoms with van der Waals surface area (Å²) in [5.41, 5.74) is 7.16. The number of hydrazone groups is 1. The van der Waals surface area contributed by atoms with Crippen LogP contribution in [0.3, 0.4) is 0 Å². The molecule has 2 aromatic carbocycles. The third-order valence-electron chi connectivity index (χ3n) is 3.73. The van der Waals surface area contributed by atoms with Gasteiger partial charge in [-0.2, -0.15) is 5.10 Å². The van der Waals surface area contributed by atoms with Gasteiger partial charge in [0, 0.05) is 5.56 Å². The molecule has 120 valence electrons. The lowest BCUT2D eigenvalue weighted by atomic mass is 10.0. The second-order valence-corrected chi connectivity index (χ2v) is 5.86. The van der Waals surface area contributed by atoms with Gasteiger partial charge >= 0.3 is 0 Å². The van der Waals surface area contributed by atoms with Crippen LogP contribution in [-0.2, 0) is 0 Å². The van der Waals surface area contributed by atoms with Crippen LogP contribution in [0.15, 0.2) is 71.8 Å². The van der Waals surface area contributed by atoms with Crippen LogP contribution in [0.4, 0.5) is 5.82 Å². The molecule has 0 bridgehead atoms. The van der Waals surface area contributed by atoms with Gasteiger partial charge in [-0.3, -0.25) is 5.43 Å². The summed E-state index contributed by atoms with van der Waals surface area (Å²) in [5.74, 6) is 1.15. The molecule has 0 amide bonds. The lowest BCUT2D eigenvalue weighted by Gasteiger charge is -2.04. The molecule has 3 aromatic rings. The highest BCUT2D eigenvalue weighted by Crippen LogP contribution is 2.16. The van der Waals surface area contributed by atoms with Gasteiger partial charge in [0.25, 0.3) is 0 Å². The molecule has 0 aliphatic heterocycles. The molecule has 24 heavy (non-hydrogen) atoms. The van der Waals surface area contributed by atoms with Crippen molar-refractivity contribution in [2.24, 2.45) is 5.10 Å². The first-order valence-corrected chi connectivity index (χ1v) is 8.00. The molecule has 1 heterocycles. The summed E-state index contributed by atoms with van der Waals surface area (Å²) in [7, 11) is 0. The average Bonchev–Trinajstić information content (AvgIpc) is 2.63. The van der Waals surface area contributed by atoms with Gasteiger partial charge in [-0.15, -0.1) is 10.2 Å². The molecule has 0 unspecified atom stereocenters. The molecular weight excluding hydrogens is 296 g/mol. The van der Waals surface area contributed by atoms with Crippen molar-refractivity contribution in [2.45, 2.75) is 19.8 Å². The van der Waals surface area contributed by atoms with Crippen LogP contribution in [-0.4, -0.2) is 16.4 Å². The molecule has 1 N–H and O–H groups in total. The molecule has 0 atom stereocenters. The first-order chi connectivity index (χ1) is 11.7. The van der Waals surface area contributed by atoms with Crippen LogP contribution >= 0.6 is 0 Å². The maximum Gasteiger partial charge on any atom is 0.168 e. The third-order valence-corrected chi connectivity index (χ3v) is 3.73. The minimum absolute atomic E-state index is 0.535. The first-order valence-electron chi connectivity index (χ1n) is 8.00. The summed E-state index contributed by atoms with van der Waals surface area (Å²) in [6.07, 6.45) is 1.77. The predicted molar refractivity (Wildman–Crippen MR) is 99.2 cm³/mol. The Bertz CT molecular complexity index is 791. The molecule has 0 aliphatic carbocycles. The van der Waals surface area contributed by atoms with Crippen molar-refractivity contribution < 1.29 is 0 Å². The third kappa shape index (κ3) is 4.04. The molecule has 3 rings (SSSR count). The van der Waals surface area contributed by atoms with Crippen molar-refractivity contribution >= 4 is 12.0 Å². The van der Waals surface area contributed by atoms with Gasteiger partial charge in [-0.1, -0.05) is 68.4 Å². The molecule has 0 spiro atoms. The van der Waals surface area contributed by atoms with Crippen molar-refractivity contribution in [3.63, 3.8) is 0 Å². The normalized spacial score (nSPS) is 11.1. The van der Waals surface area contributed by atoms with E-state index in [9.17, 15) is 0 Å². The van der Waals surface area contributed by atoms with Gasteiger partial charge < -0.3 is 0 Å². The van der Waals surface area contributed by atoms with Gasteiger partial charge in [-0.25, -0.2) is 0 Å². The van der Waals surface area contributed by atoms with Crippen LogP contribution in [0.25, 0.3) is 11.3 Å². The van der Waals surface area contributed by atoms with Crippen molar-refractivity contribution in [1.29, 1.82) is 0 Å². The number of benzene rings is 2. The summed E-state index contributed by atoms with van der Waals surface area (Å²) < 4.78 is 0. The van der Waals surface area contributed by atoms with Crippen LogP contribution < -0.4 is 5.43 Å². The van der Waals surface area contributed by atoms with E-state index in [1.807, 2.05) is 42.5 Å². The molecule has 0 fully saturated rings. The number of nitrogens with zero attached hydrogens (tertiary/aromatic N) is 3. The molecular formula is C20H20N4. The SMILES string of the molecule is CC(C)c1ccc(C=NNc2ccc(-c3ccccc3)nn2)cc1. The Morgan fingerprint density at radius 3 is 2.25 bits per heavy atom. The van der Waals surface area contributed by atoms with Gasteiger partial charge in [0.2, 0.25) is 0 Å². The Hall–Kier alpha value is -3.01. The predicted octanol–water partition coefficient (Wildman–Crippen LogP) is 4.71. The van der Waals surface area contributed by atoms with E-state index in [0.29, 0.717) is 11.7 Å².